The van der Waals surface area contributed by atoms with E-state index in [1.54, 1.807) is 0 Å². The molecule has 5 N–H and O–H groups in total. The number of nitrogens with two attached hydrogens (primary N) is 1. The van der Waals surface area contributed by atoms with Crippen molar-refractivity contribution in [2.75, 3.05) is 6.54 Å². The normalized spacial score (nSPS) is 11.6. The second kappa shape index (κ2) is 8.07. The van der Waals surface area contributed by atoms with Gasteiger partial charge < -0.3 is 11.1 Å². The van der Waals surface area contributed by atoms with Gasteiger partial charge in [0.1, 0.15) is 6.04 Å². The lowest BCUT2D eigenvalue weighted by Gasteiger charge is -2.14. The minimum absolute atomic E-state index is 0.0922. The highest BCUT2D eigenvalue weighted by molar-refractivity contribution is 5.88. The zero-order valence-electron chi connectivity index (χ0n) is 12.5. The molecule has 2 amide bonds. The van der Waals surface area contributed by atoms with E-state index in [-0.39, 0.29) is 18.9 Å². The molecule has 0 fully saturated rings. The first-order valence-corrected chi connectivity index (χ1v) is 7.21. The first kappa shape index (κ1) is 16.7. The Balaban J connectivity index is 1.98. The summed E-state index contributed by atoms with van der Waals surface area (Å²) in [5, 5.41) is 11.0. The fraction of sp³-hybridized carbons (Fsp3) is 0.176. The molecule has 2 aromatic carbocycles. The summed E-state index contributed by atoms with van der Waals surface area (Å²) >= 11 is 0. The van der Waals surface area contributed by atoms with Crippen molar-refractivity contribution in [2.24, 2.45) is 5.73 Å². The monoisotopic (exact) mass is 313 g/mol. The van der Waals surface area contributed by atoms with Crippen LogP contribution in [0.4, 0.5) is 0 Å². The molecule has 0 spiro atoms. The second-order valence-corrected chi connectivity index (χ2v) is 5.07. The number of carbonyl (C=O) groups excluding carboxylic acids is 2. The summed E-state index contributed by atoms with van der Waals surface area (Å²) in [6.45, 7) is -0.0922. The van der Waals surface area contributed by atoms with Crippen molar-refractivity contribution in [1.82, 2.24) is 10.8 Å². The lowest BCUT2D eigenvalue weighted by atomic mass is 10.0. The molecule has 0 saturated carbocycles. The van der Waals surface area contributed by atoms with E-state index < -0.39 is 11.9 Å². The highest BCUT2D eigenvalue weighted by Crippen LogP contribution is 2.19. The van der Waals surface area contributed by atoms with Crippen molar-refractivity contribution < 1.29 is 14.8 Å². The van der Waals surface area contributed by atoms with Crippen LogP contribution in [-0.4, -0.2) is 29.6 Å². The SMILES string of the molecule is NC[C@H](NC(=O)Cc1ccc(-c2ccccc2)cc1)C(=O)NO. The van der Waals surface area contributed by atoms with Crippen LogP contribution < -0.4 is 16.5 Å². The van der Waals surface area contributed by atoms with Gasteiger partial charge in [-0.05, 0) is 16.7 Å². The first-order chi connectivity index (χ1) is 11.1. The molecule has 6 heteroatoms. The maximum atomic E-state index is 11.9. The third-order valence-corrected chi connectivity index (χ3v) is 3.42. The van der Waals surface area contributed by atoms with Crippen LogP contribution in [0.1, 0.15) is 5.56 Å². The fourth-order valence-electron chi connectivity index (χ4n) is 2.19. The Morgan fingerprint density at radius 2 is 1.61 bits per heavy atom. The van der Waals surface area contributed by atoms with E-state index in [0.29, 0.717) is 0 Å². The van der Waals surface area contributed by atoms with E-state index in [0.717, 1.165) is 16.7 Å². The van der Waals surface area contributed by atoms with Gasteiger partial charge in [-0.2, -0.15) is 0 Å². The predicted molar refractivity (Wildman–Crippen MR) is 86.5 cm³/mol. The molecule has 0 aliphatic carbocycles. The number of carbonyl (C=O) groups is 2. The number of hydroxylamine groups is 1. The summed E-state index contributed by atoms with van der Waals surface area (Å²) in [5.74, 6) is -1.07. The van der Waals surface area contributed by atoms with Crippen molar-refractivity contribution >= 4 is 11.8 Å². The van der Waals surface area contributed by atoms with E-state index >= 15 is 0 Å². The quantitative estimate of drug-likeness (QED) is 0.468. The van der Waals surface area contributed by atoms with Crippen LogP contribution in [-0.2, 0) is 16.0 Å². The van der Waals surface area contributed by atoms with Gasteiger partial charge in [-0.25, -0.2) is 5.48 Å². The molecule has 6 nitrogen and oxygen atoms in total. The van der Waals surface area contributed by atoms with Gasteiger partial charge in [0.2, 0.25) is 5.91 Å². The van der Waals surface area contributed by atoms with Gasteiger partial charge in [0.15, 0.2) is 0 Å². The van der Waals surface area contributed by atoms with Gasteiger partial charge in [0.25, 0.3) is 5.91 Å². The van der Waals surface area contributed by atoms with Gasteiger partial charge in [-0.15, -0.1) is 0 Å². The minimum atomic E-state index is -0.948. The minimum Gasteiger partial charge on any atom is -0.343 e. The van der Waals surface area contributed by atoms with E-state index in [1.165, 1.54) is 5.48 Å². The van der Waals surface area contributed by atoms with Crippen molar-refractivity contribution in [3.63, 3.8) is 0 Å². The zero-order valence-corrected chi connectivity index (χ0v) is 12.5. The maximum Gasteiger partial charge on any atom is 0.267 e. The molecule has 2 aromatic rings. The van der Waals surface area contributed by atoms with Crippen LogP contribution in [0.5, 0.6) is 0 Å². The largest absolute Gasteiger partial charge is 0.343 e. The number of nitrogens with one attached hydrogen (secondary N) is 2. The highest BCUT2D eigenvalue weighted by atomic mass is 16.5. The van der Waals surface area contributed by atoms with Crippen molar-refractivity contribution in [3.05, 3.63) is 60.2 Å². The average molecular weight is 313 g/mol. The van der Waals surface area contributed by atoms with E-state index in [9.17, 15) is 9.59 Å². The standard InChI is InChI=1S/C17H19N3O3/c18-11-15(17(22)20-23)19-16(21)10-12-6-8-14(9-7-12)13-4-2-1-3-5-13/h1-9,15,23H,10-11,18H2,(H,19,21)(H,20,22)/t15-/m0/s1. The predicted octanol–water partition coefficient (Wildman–Crippen LogP) is 0.845. The number of hydrogen-bond donors (Lipinski definition) is 4. The van der Waals surface area contributed by atoms with Crippen LogP contribution >= 0.6 is 0 Å². The Bertz CT molecular complexity index is 657. The van der Waals surface area contributed by atoms with Crippen molar-refractivity contribution in [3.8, 4) is 11.1 Å². The molecule has 2 rings (SSSR count). The maximum absolute atomic E-state index is 11.9. The van der Waals surface area contributed by atoms with Gasteiger partial charge in [0.05, 0.1) is 6.42 Å². The molecule has 0 bridgehead atoms. The van der Waals surface area contributed by atoms with Gasteiger partial charge in [0, 0.05) is 6.54 Å². The first-order valence-electron chi connectivity index (χ1n) is 7.21. The second-order valence-electron chi connectivity index (χ2n) is 5.07. The molecule has 0 aliphatic rings. The molecular weight excluding hydrogens is 294 g/mol. The Morgan fingerprint density at radius 1 is 1.00 bits per heavy atom. The lowest BCUT2D eigenvalue weighted by Crippen LogP contribution is -2.50. The van der Waals surface area contributed by atoms with Crippen molar-refractivity contribution in [1.29, 1.82) is 0 Å². The molecule has 120 valence electrons. The Kier molecular flexibility index (Phi) is 5.85. The third kappa shape index (κ3) is 4.64. The van der Waals surface area contributed by atoms with Gasteiger partial charge in [-0.1, -0.05) is 54.6 Å². The molecule has 23 heavy (non-hydrogen) atoms. The summed E-state index contributed by atoms with van der Waals surface area (Å²) in [6.07, 6.45) is 0.129. The molecule has 0 aromatic heterocycles. The van der Waals surface area contributed by atoms with Crippen LogP contribution in [0.3, 0.4) is 0 Å². The smallest absolute Gasteiger partial charge is 0.267 e. The Labute approximate surface area is 134 Å². The van der Waals surface area contributed by atoms with E-state index in [2.05, 4.69) is 5.32 Å². The molecule has 0 heterocycles. The molecular formula is C17H19N3O3. The molecule has 0 saturated heterocycles. The number of benzene rings is 2. The van der Waals surface area contributed by atoms with Crippen LogP contribution in [0, 0.1) is 0 Å². The number of rotatable bonds is 6. The molecule has 0 aliphatic heterocycles. The average Bonchev–Trinajstić information content (AvgIpc) is 2.60. The molecule has 0 unspecified atom stereocenters. The van der Waals surface area contributed by atoms with Gasteiger partial charge in [-0.3, -0.25) is 14.8 Å². The zero-order chi connectivity index (χ0) is 16.7. The molecule has 1 atom stereocenters. The highest BCUT2D eigenvalue weighted by Gasteiger charge is 2.18. The van der Waals surface area contributed by atoms with Gasteiger partial charge >= 0.3 is 0 Å². The Hall–Kier alpha value is -2.70. The third-order valence-electron chi connectivity index (χ3n) is 3.42. The van der Waals surface area contributed by atoms with E-state index in [4.69, 9.17) is 10.9 Å². The van der Waals surface area contributed by atoms with Crippen LogP contribution in [0.2, 0.25) is 0 Å². The number of amides is 2. The summed E-state index contributed by atoms with van der Waals surface area (Å²) in [4.78, 5) is 23.2. The molecule has 0 radical (unpaired) electrons. The summed E-state index contributed by atoms with van der Waals surface area (Å²) in [5.41, 5.74) is 9.85. The fourth-order valence-corrected chi connectivity index (χ4v) is 2.19. The van der Waals surface area contributed by atoms with E-state index in [1.807, 2.05) is 54.6 Å². The number of hydrogen-bond acceptors (Lipinski definition) is 4. The van der Waals surface area contributed by atoms with Crippen molar-refractivity contribution in [2.45, 2.75) is 12.5 Å². The van der Waals surface area contributed by atoms with Crippen LogP contribution in [0.25, 0.3) is 11.1 Å². The summed E-state index contributed by atoms with van der Waals surface area (Å²) < 4.78 is 0. The topological polar surface area (TPSA) is 104 Å². The van der Waals surface area contributed by atoms with Crippen LogP contribution in [0.15, 0.2) is 54.6 Å². The summed E-state index contributed by atoms with van der Waals surface area (Å²) in [7, 11) is 0. The summed E-state index contributed by atoms with van der Waals surface area (Å²) in [6, 6.07) is 16.6. The lowest BCUT2D eigenvalue weighted by molar-refractivity contribution is -0.134. The Morgan fingerprint density at radius 3 is 2.17 bits per heavy atom.